The van der Waals surface area contributed by atoms with Gasteiger partial charge in [0, 0.05) is 0 Å². The number of hydrogen-bond acceptors (Lipinski definition) is 5. The minimum Gasteiger partial charge on any atom is -0.394 e. The molecule has 0 aromatic carbocycles. The Kier molecular flexibility index (Phi) is 35.7. The zero-order valence-electron chi connectivity index (χ0n) is 31.5. The summed E-state index contributed by atoms with van der Waals surface area (Å²) in [5.74, 6) is -0.604. The van der Waals surface area contributed by atoms with Crippen molar-refractivity contribution in [1.29, 1.82) is 0 Å². The third-order valence-corrected chi connectivity index (χ3v) is 9.32. The SMILES string of the molecule is CCCCCCC/C=C/CCCC(O)C(O)C(CO)NC(=O)C(O)CCCCCCCC/C=C\C/C=C\CCCCCCCCCCC. The lowest BCUT2D eigenvalue weighted by Gasteiger charge is -2.27. The molecule has 0 heterocycles. The lowest BCUT2D eigenvalue weighted by Crippen LogP contribution is -2.53. The Morgan fingerprint density at radius 3 is 1.38 bits per heavy atom. The Labute approximate surface area is 297 Å². The van der Waals surface area contributed by atoms with E-state index in [2.05, 4.69) is 55.6 Å². The number of carbonyl (C=O) groups excluding carboxylic acids is 1. The summed E-state index contributed by atoms with van der Waals surface area (Å²) in [6.07, 6.45) is 41.8. The third kappa shape index (κ3) is 30.6. The van der Waals surface area contributed by atoms with Crippen molar-refractivity contribution in [3.63, 3.8) is 0 Å². The van der Waals surface area contributed by atoms with Crippen molar-refractivity contribution in [2.45, 2.75) is 218 Å². The number of allylic oxidation sites excluding steroid dienone is 6. The molecule has 0 spiro atoms. The predicted octanol–water partition coefficient (Wildman–Crippen LogP) is 10.2. The van der Waals surface area contributed by atoms with E-state index in [-0.39, 0.29) is 0 Å². The van der Waals surface area contributed by atoms with E-state index in [1.807, 2.05) is 0 Å². The van der Waals surface area contributed by atoms with Crippen LogP contribution < -0.4 is 5.32 Å². The van der Waals surface area contributed by atoms with Gasteiger partial charge in [0.1, 0.15) is 12.2 Å². The second kappa shape index (κ2) is 36.8. The monoisotopic (exact) mass is 678 g/mol. The highest BCUT2D eigenvalue weighted by atomic mass is 16.3. The van der Waals surface area contributed by atoms with Crippen LogP contribution in [0.15, 0.2) is 36.5 Å². The van der Waals surface area contributed by atoms with Crippen LogP contribution in [0.4, 0.5) is 0 Å². The molecule has 0 aromatic heterocycles. The standard InChI is InChI=1S/C42H79NO5/c1-3-5-7-9-11-13-15-16-17-18-19-20-21-22-23-24-25-26-28-30-32-34-36-40(46)42(48)43-38(37-44)41(47)39(45)35-33-31-29-27-14-12-10-8-6-4-2/h19-20,22-23,27,29,38-41,44-47H,3-18,21,24-26,28,30-37H2,1-2H3,(H,43,48)/b20-19-,23-22-,29-27+. The summed E-state index contributed by atoms with van der Waals surface area (Å²) >= 11 is 0. The molecule has 6 heteroatoms. The first-order valence-electron chi connectivity index (χ1n) is 20.4. The van der Waals surface area contributed by atoms with Crippen LogP contribution in [-0.4, -0.2) is 57.3 Å². The van der Waals surface area contributed by atoms with Crippen molar-refractivity contribution in [2.24, 2.45) is 0 Å². The van der Waals surface area contributed by atoms with Crippen molar-refractivity contribution >= 4 is 5.91 Å². The number of unbranched alkanes of at least 4 members (excludes halogenated alkanes) is 21. The van der Waals surface area contributed by atoms with Crippen LogP contribution in [0.25, 0.3) is 0 Å². The zero-order chi connectivity index (χ0) is 35.3. The molecular formula is C42H79NO5. The molecule has 0 aliphatic carbocycles. The zero-order valence-corrected chi connectivity index (χ0v) is 31.5. The molecule has 0 aromatic rings. The van der Waals surface area contributed by atoms with Gasteiger partial charge in [0.05, 0.1) is 18.8 Å². The molecule has 0 fully saturated rings. The van der Waals surface area contributed by atoms with Crippen LogP contribution in [0.2, 0.25) is 0 Å². The molecule has 0 bridgehead atoms. The molecule has 1 amide bonds. The van der Waals surface area contributed by atoms with Gasteiger partial charge in [-0.05, 0) is 70.6 Å². The average molecular weight is 678 g/mol. The van der Waals surface area contributed by atoms with E-state index in [9.17, 15) is 25.2 Å². The number of aliphatic hydroxyl groups is 4. The highest BCUT2D eigenvalue weighted by Gasteiger charge is 2.28. The van der Waals surface area contributed by atoms with E-state index in [0.717, 1.165) is 51.4 Å². The highest BCUT2D eigenvalue weighted by molar-refractivity contribution is 5.80. The predicted molar refractivity (Wildman–Crippen MR) is 205 cm³/mol. The van der Waals surface area contributed by atoms with Gasteiger partial charge in [0.25, 0.3) is 0 Å². The molecule has 0 aliphatic heterocycles. The van der Waals surface area contributed by atoms with Crippen molar-refractivity contribution in [2.75, 3.05) is 6.61 Å². The molecule has 0 saturated carbocycles. The molecule has 4 atom stereocenters. The number of amides is 1. The van der Waals surface area contributed by atoms with Crippen molar-refractivity contribution in [3.8, 4) is 0 Å². The van der Waals surface area contributed by atoms with E-state index in [1.165, 1.54) is 109 Å². The maximum atomic E-state index is 12.4. The van der Waals surface area contributed by atoms with Gasteiger partial charge in [-0.25, -0.2) is 0 Å². The largest absolute Gasteiger partial charge is 0.394 e. The van der Waals surface area contributed by atoms with E-state index < -0.39 is 36.9 Å². The summed E-state index contributed by atoms with van der Waals surface area (Å²) in [6, 6.07) is -1.00. The first kappa shape index (κ1) is 46.5. The Morgan fingerprint density at radius 1 is 0.521 bits per heavy atom. The van der Waals surface area contributed by atoms with Gasteiger partial charge in [-0.2, -0.15) is 0 Å². The van der Waals surface area contributed by atoms with Crippen molar-refractivity contribution < 1.29 is 25.2 Å². The lowest BCUT2D eigenvalue weighted by atomic mass is 10.00. The van der Waals surface area contributed by atoms with Crippen LogP contribution in [0, 0.1) is 0 Å². The second-order valence-corrected chi connectivity index (χ2v) is 14.0. The summed E-state index contributed by atoms with van der Waals surface area (Å²) in [4.78, 5) is 12.4. The van der Waals surface area contributed by atoms with E-state index in [4.69, 9.17) is 0 Å². The molecule has 282 valence electrons. The van der Waals surface area contributed by atoms with Crippen LogP contribution in [-0.2, 0) is 4.79 Å². The Balaban J connectivity index is 3.79. The first-order chi connectivity index (χ1) is 23.5. The van der Waals surface area contributed by atoms with Gasteiger partial charge < -0.3 is 25.7 Å². The molecular weight excluding hydrogens is 598 g/mol. The molecule has 5 N–H and O–H groups in total. The third-order valence-electron chi connectivity index (χ3n) is 9.32. The summed E-state index contributed by atoms with van der Waals surface area (Å²) in [5, 5.41) is 43.4. The summed E-state index contributed by atoms with van der Waals surface area (Å²) < 4.78 is 0. The molecule has 0 rings (SSSR count). The maximum absolute atomic E-state index is 12.4. The number of hydrogen-bond donors (Lipinski definition) is 5. The Hall–Kier alpha value is -1.47. The summed E-state index contributed by atoms with van der Waals surface area (Å²) in [6.45, 7) is 3.99. The second-order valence-electron chi connectivity index (χ2n) is 14.0. The lowest BCUT2D eigenvalue weighted by molar-refractivity contribution is -0.132. The quantitative estimate of drug-likeness (QED) is 0.0335. The van der Waals surface area contributed by atoms with Crippen LogP contribution >= 0.6 is 0 Å². The first-order valence-corrected chi connectivity index (χ1v) is 20.4. The van der Waals surface area contributed by atoms with Gasteiger partial charge in [0.15, 0.2) is 0 Å². The van der Waals surface area contributed by atoms with E-state index in [0.29, 0.717) is 19.3 Å². The molecule has 4 unspecified atom stereocenters. The van der Waals surface area contributed by atoms with Crippen LogP contribution in [0.3, 0.4) is 0 Å². The van der Waals surface area contributed by atoms with Crippen molar-refractivity contribution in [1.82, 2.24) is 5.32 Å². The molecule has 48 heavy (non-hydrogen) atoms. The van der Waals surface area contributed by atoms with Crippen LogP contribution in [0.1, 0.15) is 194 Å². The minimum atomic E-state index is -1.28. The molecule has 0 radical (unpaired) electrons. The number of aliphatic hydroxyl groups excluding tert-OH is 4. The summed E-state index contributed by atoms with van der Waals surface area (Å²) in [7, 11) is 0. The Bertz CT molecular complexity index is 767. The van der Waals surface area contributed by atoms with Gasteiger partial charge in [-0.15, -0.1) is 0 Å². The normalized spacial score (nSPS) is 14.7. The van der Waals surface area contributed by atoms with E-state index in [1.54, 1.807) is 0 Å². The Morgan fingerprint density at radius 2 is 0.917 bits per heavy atom. The molecule has 6 nitrogen and oxygen atoms in total. The maximum Gasteiger partial charge on any atom is 0.249 e. The number of nitrogens with one attached hydrogen (secondary N) is 1. The fraction of sp³-hybridized carbons (Fsp3) is 0.833. The fourth-order valence-electron chi connectivity index (χ4n) is 6.02. The van der Waals surface area contributed by atoms with Gasteiger partial charge in [-0.3, -0.25) is 4.79 Å². The van der Waals surface area contributed by atoms with Crippen molar-refractivity contribution in [3.05, 3.63) is 36.5 Å². The topological polar surface area (TPSA) is 110 Å². The molecule has 0 saturated heterocycles. The van der Waals surface area contributed by atoms with Crippen LogP contribution in [0.5, 0.6) is 0 Å². The average Bonchev–Trinajstić information content (AvgIpc) is 3.09. The number of carbonyl (C=O) groups is 1. The highest BCUT2D eigenvalue weighted by Crippen LogP contribution is 2.14. The minimum absolute atomic E-state index is 0.350. The smallest absolute Gasteiger partial charge is 0.249 e. The summed E-state index contributed by atoms with van der Waals surface area (Å²) in [5.41, 5.74) is 0. The fourth-order valence-corrected chi connectivity index (χ4v) is 6.02. The molecule has 0 aliphatic rings. The number of rotatable bonds is 36. The van der Waals surface area contributed by atoms with Gasteiger partial charge >= 0.3 is 0 Å². The van der Waals surface area contributed by atoms with Gasteiger partial charge in [-0.1, -0.05) is 159 Å². The van der Waals surface area contributed by atoms with E-state index >= 15 is 0 Å². The van der Waals surface area contributed by atoms with Gasteiger partial charge in [0.2, 0.25) is 5.91 Å².